The van der Waals surface area contributed by atoms with E-state index in [1.165, 1.54) is 25.7 Å². The van der Waals surface area contributed by atoms with Crippen molar-refractivity contribution in [1.82, 2.24) is 0 Å². The molecule has 3 unspecified atom stereocenters. The summed E-state index contributed by atoms with van der Waals surface area (Å²) in [6.45, 7) is 9.35. The zero-order chi connectivity index (χ0) is 12.6. The Bertz CT molecular complexity index is 347. The molecule has 3 atom stereocenters. The first kappa shape index (κ1) is 12.7. The van der Waals surface area contributed by atoms with Gasteiger partial charge in [0.1, 0.15) is 0 Å². The van der Waals surface area contributed by atoms with Gasteiger partial charge in [0.05, 0.1) is 0 Å². The van der Waals surface area contributed by atoms with Crippen LogP contribution in [0.25, 0.3) is 0 Å². The molecule has 0 heteroatoms. The van der Waals surface area contributed by atoms with Gasteiger partial charge < -0.3 is 0 Å². The lowest BCUT2D eigenvalue weighted by molar-refractivity contribution is 0.292. The van der Waals surface area contributed by atoms with Crippen molar-refractivity contribution in [1.29, 1.82) is 0 Å². The van der Waals surface area contributed by atoms with Crippen LogP contribution >= 0.6 is 0 Å². The molecular weight excluding hydrogens is 204 g/mol. The topological polar surface area (TPSA) is 0 Å². The van der Waals surface area contributed by atoms with Crippen molar-refractivity contribution >= 4 is 0 Å². The van der Waals surface area contributed by atoms with Crippen molar-refractivity contribution < 1.29 is 0 Å². The third-order valence-corrected chi connectivity index (χ3v) is 5.33. The van der Waals surface area contributed by atoms with Crippen LogP contribution in [0.3, 0.4) is 0 Å². The Morgan fingerprint density at radius 1 is 1.35 bits per heavy atom. The van der Waals surface area contributed by atoms with Crippen LogP contribution in [-0.2, 0) is 0 Å². The third kappa shape index (κ3) is 2.17. The van der Waals surface area contributed by atoms with Gasteiger partial charge in [0.15, 0.2) is 0 Å². The predicted octanol–water partition coefficient (Wildman–Crippen LogP) is 4.66. The lowest BCUT2D eigenvalue weighted by Crippen LogP contribution is -2.20. The summed E-state index contributed by atoms with van der Waals surface area (Å²) in [6.07, 6.45) is 13.0. The van der Waals surface area contributed by atoms with E-state index in [1.54, 1.807) is 5.57 Å². The third-order valence-electron chi connectivity index (χ3n) is 5.33. The van der Waals surface area contributed by atoms with Crippen LogP contribution in [-0.4, -0.2) is 0 Å². The van der Waals surface area contributed by atoms with E-state index < -0.39 is 0 Å². The molecule has 17 heavy (non-hydrogen) atoms. The number of rotatable bonds is 6. The van der Waals surface area contributed by atoms with Gasteiger partial charge in [-0.25, -0.2) is 0 Å². The number of unbranched alkanes of at least 4 members (excludes halogenated alkanes) is 1. The van der Waals surface area contributed by atoms with E-state index in [0.29, 0.717) is 11.3 Å². The van der Waals surface area contributed by atoms with Gasteiger partial charge in [0.25, 0.3) is 0 Å². The zero-order valence-corrected chi connectivity index (χ0v) is 11.8. The summed E-state index contributed by atoms with van der Waals surface area (Å²) in [7, 11) is 0. The standard InChI is InChI=1S/C17H26/c1-6-9-10-12(4)17(5,8-3)11-14-15-13(7-2)16(14)15/h2,10,13-16H,6,8-9,11H2,1,3-5H3. The molecule has 0 nitrogen and oxygen atoms in total. The average Bonchev–Trinajstić information content (AvgIpc) is 3.21. The van der Waals surface area contributed by atoms with Crippen LogP contribution in [0.15, 0.2) is 11.6 Å². The molecule has 94 valence electrons. The Balaban J connectivity index is 1.90. The van der Waals surface area contributed by atoms with Crippen molar-refractivity contribution in [3.8, 4) is 12.3 Å². The van der Waals surface area contributed by atoms with E-state index in [-0.39, 0.29) is 0 Å². The summed E-state index contributed by atoms with van der Waals surface area (Å²) in [5.41, 5.74) is 2.03. The minimum atomic E-state index is 0.423. The van der Waals surface area contributed by atoms with E-state index in [1.807, 2.05) is 0 Å². The molecule has 0 saturated heterocycles. The molecule has 0 bridgehead atoms. The highest BCUT2D eigenvalue weighted by Crippen LogP contribution is 2.75. The SMILES string of the molecule is C#CC1C2C(CC(C)(CC)C(C)=CCCC)C12. The summed E-state index contributed by atoms with van der Waals surface area (Å²) in [4.78, 5) is 0. The van der Waals surface area contributed by atoms with Crippen molar-refractivity contribution in [3.05, 3.63) is 11.6 Å². The van der Waals surface area contributed by atoms with Gasteiger partial charge in [-0.2, -0.15) is 0 Å². The molecule has 0 aromatic rings. The zero-order valence-electron chi connectivity index (χ0n) is 11.8. The second-order valence-corrected chi connectivity index (χ2v) is 6.31. The maximum absolute atomic E-state index is 5.48. The number of fused-ring (bicyclic) bond motifs is 1. The molecule has 2 aliphatic carbocycles. The maximum atomic E-state index is 5.48. The minimum absolute atomic E-state index is 0.423. The molecule has 0 heterocycles. The monoisotopic (exact) mass is 230 g/mol. The molecule has 2 fully saturated rings. The summed E-state index contributed by atoms with van der Waals surface area (Å²) >= 11 is 0. The fourth-order valence-electron chi connectivity index (χ4n) is 3.38. The first-order valence-electron chi connectivity index (χ1n) is 7.22. The summed E-state index contributed by atoms with van der Waals surface area (Å²) in [6, 6.07) is 0. The summed E-state index contributed by atoms with van der Waals surface area (Å²) < 4.78 is 0. The van der Waals surface area contributed by atoms with Gasteiger partial charge >= 0.3 is 0 Å². The van der Waals surface area contributed by atoms with E-state index in [4.69, 9.17) is 6.42 Å². The highest BCUT2D eigenvalue weighted by molar-refractivity contribution is 5.30. The van der Waals surface area contributed by atoms with Crippen LogP contribution < -0.4 is 0 Å². The molecule has 0 aliphatic heterocycles. The van der Waals surface area contributed by atoms with Crippen LogP contribution in [0, 0.1) is 41.4 Å². The predicted molar refractivity (Wildman–Crippen MR) is 74.5 cm³/mol. The first-order valence-corrected chi connectivity index (χ1v) is 7.22. The van der Waals surface area contributed by atoms with Crippen LogP contribution in [0.5, 0.6) is 0 Å². The number of hydrogen-bond donors (Lipinski definition) is 0. The Hall–Kier alpha value is -0.700. The highest BCUT2D eigenvalue weighted by Gasteiger charge is 2.72. The summed E-state index contributed by atoms with van der Waals surface area (Å²) in [5.74, 6) is 6.34. The molecule has 2 rings (SSSR count). The molecule has 0 amide bonds. The van der Waals surface area contributed by atoms with Crippen LogP contribution in [0.2, 0.25) is 0 Å². The smallest absolute Gasteiger partial charge is 0.0268 e. The van der Waals surface area contributed by atoms with Gasteiger partial charge in [-0.05, 0) is 49.4 Å². The fourth-order valence-corrected chi connectivity index (χ4v) is 3.38. The Labute approximate surface area is 107 Å². The quantitative estimate of drug-likeness (QED) is 0.460. The van der Waals surface area contributed by atoms with E-state index in [2.05, 4.69) is 39.7 Å². The number of allylic oxidation sites excluding steroid dienone is 2. The van der Waals surface area contributed by atoms with E-state index >= 15 is 0 Å². The molecule has 0 aromatic heterocycles. The van der Waals surface area contributed by atoms with Gasteiger partial charge in [0, 0.05) is 5.92 Å². The normalized spacial score (nSPS) is 37.9. The fraction of sp³-hybridized carbons (Fsp3) is 0.765. The minimum Gasteiger partial charge on any atom is -0.120 e. The van der Waals surface area contributed by atoms with Gasteiger partial charge in [-0.1, -0.05) is 38.8 Å². The molecular formula is C17H26. The molecule has 0 radical (unpaired) electrons. The second kappa shape index (κ2) is 4.52. The average molecular weight is 230 g/mol. The Morgan fingerprint density at radius 3 is 2.47 bits per heavy atom. The first-order chi connectivity index (χ1) is 8.09. The van der Waals surface area contributed by atoms with Gasteiger partial charge in [-0.15, -0.1) is 12.3 Å². The van der Waals surface area contributed by atoms with Gasteiger partial charge in [-0.3, -0.25) is 0 Å². The van der Waals surface area contributed by atoms with E-state index in [9.17, 15) is 0 Å². The van der Waals surface area contributed by atoms with Crippen LogP contribution in [0.4, 0.5) is 0 Å². The molecule has 2 aliphatic rings. The Morgan fingerprint density at radius 2 is 2.00 bits per heavy atom. The van der Waals surface area contributed by atoms with E-state index in [0.717, 1.165) is 17.8 Å². The largest absolute Gasteiger partial charge is 0.120 e. The van der Waals surface area contributed by atoms with Crippen molar-refractivity contribution in [2.75, 3.05) is 0 Å². The number of hydrogen-bond acceptors (Lipinski definition) is 0. The maximum Gasteiger partial charge on any atom is 0.0268 e. The lowest BCUT2D eigenvalue weighted by atomic mass is 9.73. The molecule has 0 N–H and O–H groups in total. The summed E-state index contributed by atoms with van der Waals surface area (Å²) in [5, 5.41) is 0. The molecule has 0 spiro atoms. The van der Waals surface area contributed by atoms with Crippen molar-refractivity contribution in [3.63, 3.8) is 0 Å². The molecule has 0 aromatic carbocycles. The Kier molecular flexibility index (Phi) is 3.39. The van der Waals surface area contributed by atoms with Gasteiger partial charge in [0.2, 0.25) is 0 Å². The van der Waals surface area contributed by atoms with Crippen LogP contribution in [0.1, 0.15) is 53.4 Å². The van der Waals surface area contributed by atoms with Crippen molar-refractivity contribution in [2.24, 2.45) is 29.1 Å². The molecule has 2 saturated carbocycles. The lowest BCUT2D eigenvalue weighted by Gasteiger charge is -2.31. The van der Waals surface area contributed by atoms with Crippen molar-refractivity contribution in [2.45, 2.75) is 53.4 Å². The second-order valence-electron chi connectivity index (χ2n) is 6.31. The number of terminal acetylenes is 1. The highest BCUT2D eigenvalue weighted by atomic mass is 14.8.